The summed E-state index contributed by atoms with van der Waals surface area (Å²) in [5, 5.41) is 1.52. The largest absolute Gasteiger partial charge is 0.379 e. The Morgan fingerprint density at radius 3 is 2.58 bits per heavy atom. The second kappa shape index (κ2) is 9.93. The zero-order valence-electron chi connectivity index (χ0n) is 17.8. The van der Waals surface area contributed by atoms with E-state index in [0.29, 0.717) is 32.5 Å². The summed E-state index contributed by atoms with van der Waals surface area (Å²) in [6, 6.07) is 7.94. The molecule has 1 atom stereocenters. The zero-order chi connectivity index (χ0) is 21.8. The molecule has 0 spiro atoms. The van der Waals surface area contributed by atoms with Crippen LogP contribution < -0.4 is 5.73 Å². The first-order chi connectivity index (χ1) is 15.0. The molecule has 1 aromatic carbocycles. The van der Waals surface area contributed by atoms with Gasteiger partial charge in [-0.2, -0.15) is 0 Å². The average Bonchev–Trinajstić information content (AvgIpc) is 2.79. The van der Waals surface area contributed by atoms with E-state index in [1.165, 1.54) is 11.8 Å². The van der Waals surface area contributed by atoms with Crippen molar-refractivity contribution in [1.82, 2.24) is 19.8 Å². The van der Waals surface area contributed by atoms with Gasteiger partial charge in [0.15, 0.2) is 0 Å². The molecule has 166 valence electrons. The third kappa shape index (κ3) is 5.34. The van der Waals surface area contributed by atoms with E-state index in [4.69, 9.17) is 20.4 Å². The molecule has 4 rings (SSSR count). The van der Waals surface area contributed by atoms with Crippen molar-refractivity contribution in [2.24, 2.45) is 11.7 Å². The molecule has 0 radical (unpaired) electrons. The number of thioether (sulfide) groups is 1. The van der Waals surface area contributed by atoms with Crippen molar-refractivity contribution in [2.75, 3.05) is 39.4 Å². The van der Waals surface area contributed by atoms with Crippen LogP contribution in [-0.2, 0) is 20.9 Å². The number of piperidine rings is 1. The maximum Gasteiger partial charge on any atom is 0.235 e. The molecule has 2 amide bonds. The minimum Gasteiger partial charge on any atom is -0.379 e. The number of nitrogens with two attached hydrogens (primary N) is 1. The first-order valence-corrected chi connectivity index (χ1v) is 11.7. The second-order valence-corrected chi connectivity index (χ2v) is 9.44. The number of benzene rings is 1. The Morgan fingerprint density at radius 2 is 1.87 bits per heavy atom. The Kier molecular flexibility index (Phi) is 7.04. The smallest absolute Gasteiger partial charge is 0.235 e. The summed E-state index contributed by atoms with van der Waals surface area (Å²) in [7, 11) is 0. The lowest BCUT2D eigenvalue weighted by atomic mass is 9.96. The maximum atomic E-state index is 13.0. The van der Waals surface area contributed by atoms with E-state index in [-0.39, 0.29) is 23.0 Å². The Hall–Kier alpha value is -2.23. The van der Waals surface area contributed by atoms with Crippen LogP contribution in [0.5, 0.6) is 0 Å². The number of carbonyl (C=O) groups excluding carboxylic acids is 2. The van der Waals surface area contributed by atoms with Gasteiger partial charge in [0.2, 0.25) is 11.8 Å². The molecule has 2 saturated heterocycles. The molecule has 2 aliphatic rings. The summed E-state index contributed by atoms with van der Waals surface area (Å²) in [4.78, 5) is 38.2. The summed E-state index contributed by atoms with van der Waals surface area (Å²) in [5.74, 6) is 0.450. The van der Waals surface area contributed by atoms with Crippen molar-refractivity contribution >= 4 is 34.5 Å². The van der Waals surface area contributed by atoms with E-state index in [1.807, 2.05) is 36.1 Å². The van der Waals surface area contributed by atoms with Crippen LogP contribution in [0.2, 0.25) is 0 Å². The highest BCUT2D eigenvalue weighted by molar-refractivity contribution is 8.00. The van der Waals surface area contributed by atoms with E-state index in [0.717, 1.165) is 48.1 Å². The normalized spacial score (nSPS) is 19.5. The number of hydrogen-bond donors (Lipinski definition) is 1. The number of amides is 2. The first kappa shape index (κ1) is 22.0. The molecule has 0 aliphatic carbocycles. The predicted molar refractivity (Wildman–Crippen MR) is 119 cm³/mol. The van der Waals surface area contributed by atoms with Crippen molar-refractivity contribution in [3.05, 3.63) is 30.1 Å². The van der Waals surface area contributed by atoms with E-state index >= 15 is 0 Å². The molecule has 0 bridgehead atoms. The van der Waals surface area contributed by atoms with Gasteiger partial charge in [-0.05, 0) is 25.8 Å². The highest BCUT2D eigenvalue weighted by Gasteiger charge is 2.29. The predicted octanol–water partition coefficient (Wildman–Crippen LogP) is 1.67. The van der Waals surface area contributed by atoms with Gasteiger partial charge >= 0.3 is 0 Å². The molecule has 1 unspecified atom stereocenters. The van der Waals surface area contributed by atoms with Crippen molar-refractivity contribution < 1.29 is 14.3 Å². The molecule has 9 heteroatoms. The molecule has 8 nitrogen and oxygen atoms in total. The quantitative estimate of drug-likeness (QED) is 0.535. The van der Waals surface area contributed by atoms with E-state index in [1.54, 1.807) is 0 Å². The van der Waals surface area contributed by atoms with Crippen LogP contribution in [0, 0.1) is 5.92 Å². The molecule has 31 heavy (non-hydrogen) atoms. The summed E-state index contributed by atoms with van der Waals surface area (Å²) in [6.07, 6.45) is 1.27. The number of primary amides is 1. The lowest BCUT2D eigenvalue weighted by Gasteiger charge is -2.32. The van der Waals surface area contributed by atoms with Crippen molar-refractivity contribution in [3.63, 3.8) is 0 Å². The minimum atomic E-state index is -0.278. The Balaban J connectivity index is 1.48. The number of morpholine rings is 1. The Labute approximate surface area is 186 Å². The molecular formula is C22H29N5O3S. The highest BCUT2D eigenvalue weighted by atomic mass is 32.2. The van der Waals surface area contributed by atoms with Crippen LogP contribution in [0.25, 0.3) is 10.9 Å². The van der Waals surface area contributed by atoms with Gasteiger partial charge in [-0.25, -0.2) is 9.97 Å². The van der Waals surface area contributed by atoms with Gasteiger partial charge in [0.05, 0.1) is 30.5 Å². The number of fused-ring (bicyclic) bond motifs is 1. The van der Waals surface area contributed by atoms with Crippen LogP contribution >= 0.6 is 11.8 Å². The average molecular weight is 444 g/mol. The summed E-state index contributed by atoms with van der Waals surface area (Å²) in [5.41, 5.74) is 6.31. The molecule has 2 aromatic rings. The molecule has 3 heterocycles. The fraction of sp³-hybridized carbons (Fsp3) is 0.545. The van der Waals surface area contributed by atoms with Gasteiger partial charge in [-0.3, -0.25) is 14.5 Å². The number of para-hydroxylation sites is 1. The Bertz CT molecular complexity index is 942. The molecule has 0 saturated carbocycles. The number of carbonyl (C=O) groups is 2. The van der Waals surface area contributed by atoms with Crippen LogP contribution in [0.1, 0.15) is 25.6 Å². The number of rotatable bonds is 6. The van der Waals surface area contributed by atoms with Crippen LogP contribution in [-0.4, -0.2) is 76.2 Å². The van der Waals surface area contributed by atoms with E-state index in [9.17, 15) is 9.59 Å². The Morgan fingerprint density at radius 1 is 1.16 bits per heavy atom. The summed E-state index contributed by atoms with van der Waals surface area (Å²) >= 11 is 1.48. The van der Waals surface area contributed by atoms with Gasteiger partial charge in [0.1, 0.15) is 10.9 Å². The van der Waals surface area contributed by atoms with Gasteiger partial charge in [-0.15, -0.1) is 0 Å². The zero-order valence-corrected chi connectivity index (χ0v) is 18.6. The van der Waals surface area contributed by atoms with E-state index in [2.05, 4.69) is 4.90 Å². The number of nitrogens with zero attached hydrogens (tertiary/aromatic N) is 4. The standard InChI is InChI=1S/C22H29N5O3S/c1-15(22(29)27-8-6-16(7-9-27)20(23)28)31-21-17-4-2-3-5-18(17)24-19(25-21)14-26-10-12-30-13-11-26/h2-5,15-16H,6-14H2,1H3,(H2,23,28). The summed E-state index contributed by atoms with van der Waals surface area (Å²) < 4.78 is 5.43. The fourth-order valence-electron chi connectivity index (χ4n) is 4.07. The van der Waals surface area contributed by atoms with Crippen molar-refractivity contribution in [2.45, 2.75) is 36.6 Å². The van der Waals surface area contributed by atoms with Crippen LogP contribution in [0.3, 0.4) is 0 Å². The SMILES string of the molecule is CC(Sc1nc(CN2CCOCC2)nc2ccccc12)C(=O)N1CCC(C(N)=O)CC1. The number of hydrogen-bond acceptors (Lipinski definition) is 7. The lowest BCUT2D eigenvalue weighted by Crippen LogP contribution is -2.44. The second-order valence-electron chi connectivity index (χ2n) is 8.11. The number of aromatic nitrogens is 2. The van der Waals surface area contributed by atoms with Gasteiger partial charge in [0.25, 0.3) is 0 Å². The topological polar surface area (TPSA) is 102 Å². The molecular weight excluding hydrogens is 414 g/mol. The first-order valence-electron chi connectivity index (χ1n) is 10.8. The van der Waals surface area contributed by atoms with Crippen LogP contribution in [0.15, 0.2) is 29.3 Å². The van der Waals surface area contributed by atoms with Gasteiger partial charge in [-0.1, -0.05) is 30.0 Å². The van der Waals surface area contributed by atoms with Crippen LogP contribution in [0.4, 0.5) is 0 Å². The van der Waals surface area contributed by atoms with Gasteiger partial charge in [0, 0.05) is 37.5 Å². The third-order valence-corrected chi connectivity index (χ3v) is 7.02. The third-order valence-electron chi connectivity index (χ3n) is 5.93. The minimum absolute atomic E-state index is 0.0744. The number of likely N-dealkylation sites (tertiary alicyclic amines) is 1. The van der Waals surface area contributed by atoms with E-state index < -0.39 is 0 Å². The highest BCUT2D eigenvalue weighted by Crippen LogP contribution is 2.30. The monoisotopic (exact) mass is 443 g/mol. The summed E-state index contributed by atoms with van der Waals surface area (Å²) in [6.45, 7) is 6.94. The molecule has 2 aliphatic heterocycles. The molecule has 2 fully saturated rings. The maximum absolute atomic E-state index is 13.0. The fourth-order valence-corrected chi connectivity index (χ4v) is 5.12. The van der Waals surface area contributed by atoms with Gasteiger partial charge < -0.3 is 15.4 Å². The molecule has 2 N–H and O–H groups in total. The van der Waals surface area contributed by atoms with Crippen molar-refractivity contribution in [1.29, 1.82) is 0 Å². The number of ether oxygens (including phenoxy) is 1. The lowest BCUT2D eigenvalue weighted by molar-refractivity contribution is -0.134. The molecule has 1 aromatic heterocycles. The van der Waals surface area contributed by atoms with Crippen molar-refractivity contribution in [3.8, 4) is 0 Å².